The van der Waals surface area contributed by atoms with Crippen LogP contribution in [0, 0.1) is 0 Å². The molecule has 27 heavy (non-hydrogen) atoms. The van der Waals surface area contributed by atoms with Crippen LogP contribution in [0.5, 0.6) is 11.5 Å². The van der Waals surface area contributed by atoms with E-state index in [4.69, 9.17) is 4.74 Å². The van der Waals surface area contributed by atoms with Crippen LogP contribution in [-0.2, 0) is 4.79 Å². The van der Waals surface area contributed by atoms with Crippen LogP contribution >= 0.6 is 11.8 Å². The highest BCUT2D eigenvalue weighted by Crippen LogP contribution is 2.35. The zero-order chi connectivity index (χ0) is 19.2. The summed E-state index contributed by atoms with van der Waals surface area (Å²) in [5.41, 5.74) is 1.48. The zero-order valence-corrected chi connectivity index (χ0v) is 16.2. The van der Waals surface area contributed by atoms with Crippen molar-refractivity contribution in [1.82, 2.24) is 4.90 Å². The number of hydrogen-bond donors (Lipinski definition) is 1. The second-order valence-electron chi connectivity index (χ2n) is 5.96. The van der Waals surface area contributed by atoms with Crippen molar-refractivity contribution < 1.29 is 14.6 Å². The Morgan fingerprint density at radius 2 is 2.00 bits per heavy atom. The van der Waals surface area contributed by atoms with Crippen molar-refractivity contribution in [3.63, 3.8) is 0 Å². The molecule has 1 saturated heterocycles. The number of rotatable bonds is 6. The van der Waals surface area contributed by atoms with Crippen LogP contribution in [-0.4, -0.2) is 34.2 Å². The lowest BCUT2D eigenvalue weighted by Crippen LogP contribution is -2.28. The molecule has 1 aliphatic rings. The molecule has 2 aromatic carbocycles. The molecule has 0 aliphatic carbocycles. The molecule has 1 fully saturated rings. The van der Waals surface area contributed by atoms with Crippen molar-refractivity contribution in [2.24, 2.45) is 4.99 Å². The topological polar surface area (TPSA) is 62.1 Å². The summed E-state index contributed by atoms with van der Waals surface area (Å²) >= 11 is 1.33. The van der Waals surface area contributed by atoms with E-state index in [-0.39, 0.29) is 11.7 Å². The van der Waals surface area contributed by atoms with Gasteiger partial charge in [0.05, 0.1) is 17.2 Å². The molecule has 1 aliphatic heterocycles. The number of aromatic hydroxyl groups is 1. The van der Waals surface area contributed by atoms with Gasteiger partial charge in [0.1, 0.15) is 11.5 Å². The Bertz CT molecular complexity index is 893. The molecule has 1 amide bonds. The minimum atomic E-state index is -0.0771. The number of ether oxygens (including phenoxy) is 1. The van der Waals surface area contributed by atoms with Gasteiger partial charge in [-0.3, -0.25) is 9.69 Å². The molecule has 140 valence electrons. The number of likely N-dealkylation sites (N-methyl/N-ethyl adjacent to an activating group) is 1. The first-order valence-electron chi connectivity index (χ1n) is 8.93. The van der Waals surface area contributed by atoms with E-state index < -0.39 is 0 Å². The number of aliphatic imine (C=N–C) groups is 1. The third-order valence-electron chi connectivity index (χ3n) is 3.93. The van der Waals surface area contributed by atoms with Crippen molar-refractivity contribution in [1.29, 1.82) is 0 Å². The first kappa shape index (κ1) is 19.0. The predicted molar refractivity (Wildman–Crippen MR) is 110 cm³/mol. The van der Waals surface area contributed by atoms with Crippen molar-refractivity contribution in [2.75, 3.05) is 13.2 Å². The normalized spacial score (nSPS) is 17.1. The SMILES string of the molecule is CCCOc1ccccc1/C=C1\SC(=Nc2cccc(O)c2)N(CC)C1=O. The predicted octanol–water partition coefficient (Wildman–Crippen LogP) is 4.80. The zero-order valence-electron chi connectivity index (χ0n) is 15.4. The second kappa shape index (κ2) is 8.77. The van der Waals surface area contributed by atoms with Crippen LogP contribution in [0.3, 0.4) is 0 Å². The fourth-order valence-corrected chi connectivity index (χ4v) is 3.68. The standard InChI is InChI=1S/C21H22N2O3S/c1-3-12-26-18-11-6-5-8-15(18)13-19-20(25)23(4-2)21(27-19)22-16-9-7-10-17(24)14-16/h5-11,13-14,24H,3-4,12H2,1-2H3/b19-13-,22-21?. The van der Waals surface area contributed by atoms with Gasteiger partial charge in [0, 0.05) is 18.2 Å². The molecule has 0 radical (unpaired) electrons. The van der Waals surface area contributed by atoms with Gasteiger partial charge >= 0.3 is 0 Å². The van der Waals surface area contributed by atoms with Crippen molar-refractivity contribution in [3.05, 3.63) is 59.0 Å². The molecular formula is C21H22N2O3S. The smallest absolute Gasteiger partial charge is 0.266 e. The maximum Gasteiger partial charge on any atom is 0.266 e. The van der Waals surface area contributed by atoms with E-state index in [9.17, 15) is 9.90 Å². The quantitative estimate of drug-likeness (QED) is 0.729. The van der Waals surface area contributed by atoms with Crippen molar-refractivity contribution in [3.8, 4) is 11.5 Å². The Labute approximate surface area is 163 Å². The number of para-hydroxylation sites is 1. The minimum Gasteiger partial charge on any atom is -0.508 e. The summed E-state index contributed by atoms with van der Waals surface area (Å²) in [5.74, 6) is 0.834. The summed E-state index contributed by atoms with van der Waals surface area (Å²) in [6.07, 6.45) is 2.77. The molecule has 0 unspecified atom stereocenters. The van der Waals surface area contributed by atoms with E-state index >= 15 is 0 Å². The Hall–Kier alpha value is -2.73. The molecule has 0 bridgehead atoms. The summed E-state index contributed by atoms with van der Waals surface area (Å²) in [6, 6.07) is 14.4. The summed E-state index contributed by atoms with van der Waals surface area (Å²) in [7, 11) is 0. The number of phenolic OH excluding ortho intramolecular Hbond substituents is 1. The molecule has 6 heteroatoms. The number of amidine groups is 1. The largest absolute Gasteiger partial charge is 0.508 e. The van der Waals surface area contributed by atoms with Crippen molar-refractivity contribution >= 4 is 34.6 Å². The van der Waals surface area contributed by atoms with Crippen LogP contribution in [0.15, 0.2) is 58.4 Å². The van der Waals surface area contributed by atoms with Gasteiger partial charge < -0.3 is 9.84 Å². The maximum absolute atomic E-state index is 12.8. The lowest BCUT2D eigenvalue weighted by atomic mass is 10.2. The van der Waals surface area contributed by atoms with Gasteiger partial charge in [-0.25, -0.2) is 4.99 Å². The summed E-state index contributed by atoms with van der Waals surface area (Å²) in [5, 5.41) is 10.2. The lowest BCUT2D eigenvalue weighted by Gasteiger charge is -2.12. The van der Waals surface area contributed by atoms with Crippen LogP contribution in [0.2, 0.25) is 0 Å². The van der Waals surface area contributed by atoms with Crippen LogP contribution in [0.4, 0.5) is 5.69 Å². The molecule has 1 heterocycles. The number of nitrogens with zero attached hydrogens (tertiary/aromatic N) is 2. The highest BCUT2D eigenvalue weighted by molar-refractivity contribution is 8.18. The third-order valence-corrected chi connectivity index (χ3v) is 4.93. The number of carbonyl (C=O) groups excluding carboxylic acids is 1. The average Bonchev–Trinajstić information content (AvgIpc) is 2.95. The number of phenols is 1. The van der Waals surface area contributed by atoms with Gasteiger partial charge in [0.25, 0.3) is 5.91 Å². The van der Waals surface area contributed by atoms with E-state index in [2.05, 4.69) is 11.9 Å². The minimum absolute atomic E-state index is 0.0771. The van der Waals surface area contributed by atoms with Gasteiger partial charge in [-0.2, -0.15) is 0 Å². The maximum atomic E-state index is 12.8. The number of amides is 1. The fraction of sp³-hybridized carbons (Fsp3) is 0.238. The molecule has 5 nitrogen and oxygen atoms in total. The molecule has 2 aromatic rings. The summed E-state index contributed by atoms with van der Waals surface area (Å²) < 4.78 is 5.78. The fourth-order valence-electron chi connectivity index (χ4n) is 2.63. The molecule has 0 saturated carbocycles. The van der Waals surface area contributed by atoms with E-state index in [1.165, 1.54) is 11.8 Å². The Morgan fingerprint density at radius 3 is 2.74 bits per heavy atom. The first-order valence-corrected chi connectivity index (χ1v) is 9.75. The molecule has 1 N–H and O–H groups in total. The number of carbonyl (C=O) groups is 1. The molecule has 3 rings (SSSR count). The van der Waals surface area contributed by atoms with Gasteiger partial charge in [-0.1, -0.05) is 31.2 Å². The number of benzene rings is 2. The molecular weight excluding hydrogens is 360 g/mol. The van der Waals surface area contributed by atoms with E-state index in [0.717, 1.165) is 17.7 Å². The Balaban J connectivity index is 1.92. The second-order valence-corrected chi connectivity index (χ2v) is 6.97. The number of hydrogen-bond acceptors (Lipinski definition) is 5. The average molecular weight is 382 g/mol. The molecule has 0 aromatic heterocycles. The van der Waals surface area contributed by atoms with Crippen LogP contribution in [0.1, 0.15) is 25.8 Å². The molecule has 0 atom stereocenters. The molecule has 0 spiro atoms. The third kappa shape index (κ3) is 4.52. The van der Waals surface area contributed by atoms with E-state index in [1.54, 1.807) is 29.2 Å². The lowest BCUT2D eigenvalue weighted by molar-refractivity contribution is -0.122. The highest BCUT2D eigenvalue weighted by atomic mass is 32.2. The van der Waals surface area contributed by atoms with Gasteiger partial charge in [0.15, 0.2) is 5.17 Å². The first-order chi connectivity index (χ1) is 13.1. The van der Waals surface area contributed by atoms with Crippen LogP contribution < -0.4 is 4.74 Å². The van der Waals surface area contributed by atoms with Gasteiger partial charge in [0.2, 0.25) is 0 Å². The Morgan fingerprint density at radius 1 is 1.19 bits per heavy atom. The highest BCUT2D eigenvalue weighted by Gasteiger charge is 2.32. The summed E-state index contributed by atoms with van der Waals surface area (Å²) in [6.45, 7) is 5.12. The van der Waals surface area contributed by atoms with E-state index in [1.807, 2.05) is 37.3 Å². The number of thioether (sulfide) groups is 1. The van der Waals surface area contributed by atoms with E-state index in [0.29, 0.717) is 28.9 Å². The summed E-state index contributed by atoms with van der Waals surface area (Å²) in [4.78, 5) is 19.6. The van der Waals surface area contributed by atoms with Crippen molar-refractivity contribution in [2.45, 2.75) is 20.3 Å². The van der Waals surface area contributed by atoms with Gasteiger partial charge in [-0.05, 0) is 49.4 Å². The van der Waals surface area contributed by atoms with Crippen LogP contribution in [0.25, 0.3) is 6.08 Å². The van der Waals surface area contributed by atoms with Gasteiger partial charge in [-0.15, -0.1) is 0 Å². The Kier molecular flexibility index (Phi) is 6.19. The monoisotopic (exact) mass is 382 g/mol.